The van der Waals surface area contributed by atoms with Gasteiger partial charge in [0, 0.05) is 31.9 Å². The first-order valence-corrected chi connectivity index (χ1v) is 5.83. The first-order valence-electron chi connectivity index (χ1n) is 5.83. The van der Waals surface area contributed by atoms with Gasteiger partial charge in [0.25, 0.3) is 0 Å². The Morgan fingerprint density at radius 3 is 2.79 bits per heavy atom. The van der Waals surface area contributed by atoms with Crippen LogP contribution in [0.1, 0.15) is 19.2 Å². The molecule has 1 aromatic heterocycles. The number of amides is 2. The number of H-pyrrole nitrogens is 1. The summed E-state index contributed by atoms with van der Waals surface area (Å²) in [5, 5.41) is 23.2. The van der Waals surface area contributed by atoms with Gasteiger partial charge in [0.15, 0.2) is 0 Å². The number of aromatic amines is 1. The molecule has 106 valence electrons. The lowest BCUT2D eigenvalue weighted by Gasteiger charge is -2.21. The first kappa shape index (κ1) is 15.0. The van der Waals surface area contributed by atoms with Crippen molar-refractivity contribution in [3.63, 3.8) is 0 Å². The number of imidazole rings is 1. The van der Waals surface area contributed by atoms with Gasteiger partial charge in [-0.3, -0.25) is 4.79 Å². The van der Waals surface area contributed by atoms with Gasteiger partial charge in [0.1, 0.15) is 5.82 Å². The van der Waals surface area contributed by atoms with E-state index in [-0.39, 0.29) is 6.54 Å². The van der Waals surface area contributed by atoms with Crippen molar-refractivity contribution in [2.45, 2.75) is 25.4 Å². The molecule has 19 heavy (non-hydrogen) atoms. The molecule has 1 unspecified atom stereocenters. The summed E-state index contributed by atoms with van der Waals surface area (Å²) in [7, 11) is 0. The third kappa shape index (κ3) is 6.41. The van der Waals surface area contributed by atoms with Crippen molar-refractivity contribution < 1.29 is 19.8 Å². The quantitative estimate of drug-likeness (QED) is 0.455. The molecule has 8 nitrogen and oxygen atoms in total. The Bertz CT molecular complexity index is 416. The Morgan fingerprint density at radius 2 is 2.21 bits per heavy atom. The van der Waals surface area contributed by atoms with E-state index < -0.39 is 24.0 Å². The topological polar surface area (TPSA) is 127 Å². The van der Waals surface area contributed by atoms with Crippen LogP contribution in [0, 0.1) is 0 Å². The zero-order chi connectivity index (χ0) is 14.3. The highest BCUT2D eigenvalue weighted by molar-refractivity contribution is 5.74. The van der Waals surface area contributed by atoms with E-state index in [1.165, 1.54) is 6.92 Å². The summed E-state index contributed by atoms with van der Waals surface area (Å²) in [4.78, 5) is 28.8. The molecule has 0 spiro atoms. The minimum absolute atomic E-state index is 0.133. The molecule has 0 radical (unpaired) electrons. The number of hydrogen-bond acceptors (Lipinski definition) is 4. The van der Waals surface area contributed by atoms with Crippen LogP contribution in [0.15, 0.2) is 12.4 Å². The van der Waals surface area contributed by atoms with Gasteiger partial charge in [-0.1, -0.05) is 0 Å². The number of carbonyl (C=O) groups is 2. The number of aliphatic hydroxyl groups is 1. The lowest BCUT2D eigenvalue weighted by Crippen LogP contribution is -2.46. The predicted molar refractivity (Wildman–Crippen MR) is 66.6 cm³/mol. The summed E-state index contributed by atoms with van der Waals surface area (Å²) in [5.74, 6) is -0.358. The van der Waals surface area contributed by atoms with E-state index >= 15 is 0 Å². The van der Waals surface area contributed by atoms with Gasteiger partial charge in [0.2, 0.25) is 0 Å². The van der Waals surface area contributed by atoms with E-state index in [4.69, 9.17) is 5.11 Å². The Kier molecular flexibility index (Phi) is 5.31. The Labute approximate surface area is 110 Å². The number of aromatic nitrogens is 2. The maximum absolute atomic E-state index is 11.4. The minimum atomic E-state index is -1.47. The van der Waals surface area contributed by atoms with Gasteiger partial charge in [0.05, 0.1) is 12.0 Å². The number of rotatable bonds is 7. The number of nitrogens with zero attached hydrogens (tertiary/aromatic N) is 1. The highest BCUT2D eigenvalue weighted by Crippen LogP contribution is 2.06. The maximum Gasteiger partial charge on any atom is 0.314 e. The van der Waals surface area contributed by atoms with Crippen molar-refractivity contribution in [1.29, 1.82) is 0 Å². The third-order valence-corrected chi connectivity index (χ3v) is 2.36. The lowest BCUT2D eigenvalue weighted by atomic mass is 10.0. The summed E-state index contributed by atoms with van der Waals surface area (Å²) in [6.45, 7) is 1.61. The molecule has 0 aliphatic carbocycles. The molecule has 1 heterocycles. The van der Waals surface area contributed by atoms with Gasteiger partial charge in [-0.25, -0.2) is 9.78 Å². The van der Waals surface area contributed by atoms with Crippen molar-refractivity contribution in [2.75, 3.05) is 13.1 Å². The maximum atomic E-state index is 11.4. The van der Waals surface area contributed by atoms with Crippen molar-refractivity contribution in [2.24, 2.45) is 0 Å². The fourth-order valence-corrected chi connectivity index (χ4v) is 1.45. The highest BCUT2D eigenvalue weighted by atomic mass is 16.4. The SMILES string of the molecule is CC(O)(CNC(=O)NCCc1ncc[nH]1)CC(=O)O. The number of carboxylic acids is 1. The van der Waals surface area contributed by atoms with Gasteiger partial charge in [-0.2, -0.15) is 0 Å². The average Bonchev–Trinajstić information content (AvgIpc) is 2.78. The average molecular weight is 270 g/mol. The van der Waals surface area contributed by atoms with Crippen molar-refractivity contribution in [1.82, 2.24) is 20.6 Å². The van der Waals surface area contributed by atoms with E-state index in [1.807, 2.05) is 0 Å². The molecule has 0 saturated heterocycles. The normalized spacial score (nSPS) is 13.6. The van der Waals surface area contributed by atoms with Crippen LogP contribution in [0.4, 0.5) is 4.79 Å². The van der Waals surface area contributed by atoms with Crippen molar-refractivity contribution in [3.05, 3.63) is 18.2 Å². The van der Waals surface area contributed by atoms with Crippen LogP contribution in [-0.4, -0.2) is 50.9 Å². The van der Waals surface area contributed by atoms with E-state index in [1.54, 1.807) is 12.4 Å². The lowest BCUT2D eigenvalue weighted by molar-refractivity contribution is -0.141. The molecule has 8 heteroatoms. The van der Waals surface area contributed by atoms with Gasteiger partial charge < -0.3 is 25.8 Å². The van der Waals surface area contributed by atoms with Crippen LogP contribution in [0.2, 0.25) is 0 Å². The largest absolute Gasteiger partial charge is 0.481 e. The second-order valence-corrected chi connectivity index (χ2v) is 4.46. The molecular formula is C11H18N4O4. The zero-order valence-electron chi connectivity index (χ0n) is 10.6. The number of carbonyl (C=O) groups excluding carboxylic acids is 1. The van der Waals surface area contributed by atoms with Crippen LogP contribution in [0.3, 0.4) is 0 Å². The van der Waals surface area contributed by atoms with E-state index in [0.717, 1.165) is 5.82 Å². The molecule has 0 bridgehead atoms. The highest BCUT2D eigenvalue weighted by Gasteiger charge is 2.24. The molecule has 0 aliphatic heterocycles. The van der Waals surface area contributed by atoms with Crippen molar-refractivity contribution >= 4 is 12.0 Å². The minimum Gasteiger partial charge on any atom is -0.481 e. The smallest absolute Gasteiger partial charge is 0.314 e. The molecule has 0 fully saturated rings. The molecule has 1 rings (SSSR count). The number of nitrogens with one attached hydrogen (secondary N) is 3. The number of carboxylic acid groups (broad SMARTS) is 1. The van der Waals surface area contributed by atoms with Crippen LogP contribution in [0.5, 0.6) is 0 Å². The zero-order valence-corrected chi connectivity index (χ0v) is 10.6. The fourth-order valence-electron chi connectivity index (χ4n) is 1.45. The fraction of sp³-hybridized carbons (Fsp3) is 0.545. The summed E-state index contributed by atoms with van der Waals surface area (Å²) in [6, 6.07) is -0.461. The molecule has 0 aliphatic rings. The van der Waals surface area contributed by atoms with E-state index in [0.29, 0.717) is 13.0 Å². The standard InChI is InChI=1S/C11H18N4O4/c1-11(19,6-9(16)17)7-15-10(18)14-3-2-8-12-4-5-13-8/h4-5,19H,2-3,6-7H2,1H3,(H,12,13)(H,16,17)(H2,14,15,18). The molecule has 0 saturated carbocycles. The molecular weight excluding hydrogens is 252 g/mol. The van der Waals surface area contributed by atoms with Gasteiger partial charge in [-0.05, 0) is 6.92 Å². The van der Waals surface area contributed by atoms with Crippen LogP contribution in [-0.2, 0) is 11.2 Å². The predicted octanol–water partition coefficient (Wildman–Crippen LogP) is -0.523. The van der Waals surface area contributed by atoms with Crippen LogP contribution in [0.25, 0.3) is 0 Å². The van der Waals surface area contributed by atoms with Crippen molar-refractivity contribution in [3.8, 4) is 0 Å². The molecule has 2 amide bonds. The second-order valence-electron chi connectivity index (χ2n) is 4.46. The van der Waals surface area contributed by atoms with Gasteiger partial charge >= 0.3 is 12.0 Å². The monoisotopic (exact) mass is 270 g/mol. The van der Waals surface area contributed by atoms with Crippen LogP contribution >= 0.6 is 0 Å². The third-order valence-electron chi connectivity index (χ3n) is 2.36. The molecule has 1 atom stereocenters. The molecule has 0 aromatic carbocycles. The van der Waals surface area contributed by atoms with E-state index in [9.17, 15) is 14.7 Å². The number of hydrogen-bond donors (Lipinski definition) is 5. The van der Waals surface area contributed by atoms with Crippen LogP contribution < -0.4 is 10.6 Å². The second kappa shape index (κ2) is 6.74. The summed E-state index contributed by atoms with van der Waals surface area (Å²) in [5.41, 5.74) is -1.47. The Hall–Kier alpha value is -2.09. The summed E-state index contributed by atoms with van der Waals surface area (Å²) < 4.78 is 0. The number of urea groups is 1. The Balaban J connectivity index is 2.18. The van der Waals surface area contributed by atoms with E-state index in [2.05, 4.69) is 20.6 Å². The van der Waals surface area contributed by atoms with Gasteiger partial charge in [-0.15, -0.1) is 0 Å². The first-order chi connectivity index (χ1) is 8.89. The summed E-state index contributed by atoms with van der Waals surface area (Å²) in [6.07, 6.45) is 3.45. The Morgan fingerprint density at radius 1 is 1.47 bits per heavy atom. The summed E-state index contributed by atoms with van der Waals surface area (Å²) >= 11 is 0. The molecule has 5 N–H and O–H groups in total. The number of aliphatic carboxylic acids is 1. The molecule has 1 aromatic rings.